The van der Waals surface area contributed by atoms with Gasteiger partial charge < -0.3 is 5.11 Å². The highest BCUT2D eigenvalue weighted by atomic mass is 19.4. The van der Waals surface area contributed by atoms with Gasteiger partial charge in [0.2, 0.25) is 0 Å². The summed E-state index contributed by atoms with van der Waals surface area (Å²) < 4.78 is 37.2. The van der Waals surface area contributed by atoms with Crippen LogP contribution in [0.25, 0.3) is 0 Å². The summed E-state index contributed by atoms with van der Waals surface area (Å²) in [4.78, 5) is 0. The van der Waals surface area contributed by atoms with Gasteiger partial charge in [-0.2, -0.15) is 13.2 Å². The Bertz CT molecular complexity index is 334. The standard InChI is InChI=1S/C12H15F3O.C2H6/c1-2-4-11(16)8-9-5-3-6-10(7-9)12(13,14)15;1-2/h3,5-7,11,16H,2,4,8H2,1H3;1-2H3. The van der Waals surface area contributed by atoms with E-state index in [9.17, 15) is 18.3 Å². The number of halogens is 3. The highest BCUT2D eigenvalue weighted by Crippen LogP contribution is 2.29. The van der Waals surface area contributed by atoms with Crippen molar-refractivity contribution in [3.05, 3.63) is 35.4 Å². The second-order valence-corrected chi connectivity index (χ2v) is 3.84. The molecule has 1 aromatic carbocycles. The number of aliphatic hydroxyl groups is 1. The maximum Gasteiger partial charge on any atom is 0.416 e. The van der Waals surface area contributed by atoms with Crippen molar-refractivity contribution >= 4 is 0 Å². The monoisotopic (exact) mass is 262 g/mol. The fourth-order valence-electron chi connectivity index (χ4n) is 1.58. The quantitative estimate of drug-likeness (QED) is 0.850. The van der Waals surface area contributed by atoms with E-state index >= 15 is 0 Å². The first-order valence-electron chi connectivity index (χ1n) is 6.27. The molecule has 1 N–H and O–H groups in total. The zero-order chi connectivity index (χ0) is 14.2. The van der Waals surface area contributed by atoms with Crippen molar-refractivity contribution in [3.8, 4) is 0 Å². The third-order valence-corrected chi connectivity index (χ3v) is 2.35. The third kappa shape index (κ3) is 6.05. The zero-order valence-corrected chi connectivity index (χ0v) is 11.1. The molecule has 4 heteroatoms. The number of rotatable bonds is 4. The molecule has 0 aliphatic carbocycles. The maximum atomic E-state index is 12.4. The van der Waals surface area contributed by atoms with Crippen LogP contribution in [-0.4, -0.2) is 11.2 Å². The Hall–Kier alpha value is -1.03. The molecule has 1 aromatic rings. The van der Waals surface area contributed by atoms with E-state index in [1.807, 2.05) is 20.8 Å². The van der Waals surface area contributed by atoms with E-state index in [0.29, 0.717) is 12.0 Å². The molecule has 1 atom stereocenters. The van der Waals surface area contributed by atoms with Crippen LogP contribution in [0, 0.1) is 0 Å². The Balaban J connectivity index is 0.00000137. The van der Waals surface area contributed by atoms with Gasteiger partial charge in [0.1, 0.15) is 0 Å². The molecule has 1 rings (SSSR count). The highest BCUT2D eigenvalue weighted by Gasteiger charge is 2.30. The minimum atomic E-state index is -4.31. The Morgan fingerprint density at radius 1 is 1.22 bits per heavy atom. The van der Waals surface area contributed by atoms with Crippen LogP contribution in [0.2, 0.25) is 0 Å². The second-order valence-electron chi connectivity index (χ2n) is 3.84. The van der Waals surface area contributed by atoms with E-state index in [-0.39, 0.29) is 6.42 Å². The summed E-state index contributed by atoms with van der Waals surface area (Å²) in [7, 11) is 0. The molecule has 0 aliphatic rings. The molecule has 0 heterocycles. The summed E-state index contributed by atoms with van der Waals surface area (Å²) in [5, 5.41) is 9.52. The van der Waals surface area contributed by atoms with E-state index in [0.717, 1.165) is 18.6 Å². The molecule has 0 amide bonds. The summed E-state index contributed by atoms with van der Waals surface area (Å²) in [6.45, 7) is 5.93. The van der Waals surface area contributed by atoms with Gasteiger partial charge in [0.15, 0.2) is 0 Å². The molecule has 1 unspecified atom stereocenters. The summed E-state index contributed by atoms with van der Waals surface area (Å²) in [5.74, 6) is 0. The van der Waals surface area contributed by atoms with Gasteiger partial charge in [-0.15, -0.1) is 0 Å². The minimum absolute atomic E-state index is 0.276. The van der Waals surface area contributed by atoms with E-state index in [4.69, 9.17) is 0 Å². The predicted octanol–water partition coefficient (Wildman–Crippen LogP) is 4.44. The Morgan fingerprint density at radius 2 is 1.83 bits per heavy atom. The topological polar surface area (TPSA) is 20.2 Å². The molecule has 1 nitrogen and oxygen atoms in total. The molecule has 0 aliphatic heterocycles. The number of hydrogen-bond donors (Lipinski definition) is 1. The van der Waals surface area contributed by atoms with Crippen molar-refractivity contribution in [2.24, 2.45) is 0 Å². The van der Waals surface area contributed by atoms with Crippen molar-refractivity contribution in [3.63, 3.8) is 0 Å². The molecule has 18 heavy (non-hydrogen) atoms. The minimum Gasteiger partial charge on any atom is -0.393 e. The van der Waals surface area contributed by atoms with Crippen LogP contribution in [0.1, 0.15) is 44.7 Å². The fraction of sp³-hybridized carbons (Fsp3) is 0.571. The van der Waals surface area contributed by atoms with Crippen LogP contribution < -0.4 is 0 Å². The van der Waals surface area contributed by atoms with Gasteiger partial charge in [-0.1, -0.05) is 45.4 Å². The lowest BCUT2D eigenvalue weighted by Crippen LogP contribution is -2.11. The Labute approximate surface area is 107 Å². The number of hydrogen-bond acceptors (Lipinski definition) is 1. The van der Waals surface area contributed by atoms with E-state index in [2.05, 4.69) is 0 Å². The van der Waals surface area contributed by atoms with Crippen LogP contribution in [0.5, 0.6) is 0 Å². The van der Waals surface area contributed by atoms with Gasteiger partial charge in [0.25, 0.3) is 0 Å². The lowest BCUT2D eigenvalue weighted by Gasteiger charge is -2.11. The van der Waals surface area contributed by atoms with E-state index < -0.39 is 17.8 Å². The smallest absolute Gasteiger partial charge is 0.393 e. The molecule has 0 spiro atoms. The van der Waals surface area contributed by atoms with E-state index in [1.165, 1.54) is 6.07 Å². The SMILES string of the molecule is CC.CCCC(O)Cc1cccc(C(F)(F)F)c1. The zero-order valence-electron chi connectivity index (χ0n) is 11.1. The van der Waals surface area contributed by atoms with Crippen LogP contribution in [0.15, 0.2) is 24.3 Å². The summed E-state index contributed by atoms with van der Waals surface area (Å²) in [5.41, 5.74) is -0.135. The summed E-state index contributed by atoms with van der Waals surface area (Å²) in [6, 6.07) is 5.11. The first kappa shape index (κ1) is 17.0. The molecule has 0 fully saturated rings. The first-order valence-corrected chi connectivity index (χ1v) is 6.27. The average Bonchev–Trinajstić information content (AvgIpc) is 2.31. The van der Waals surface area contributed by atoms with Gasteiger partial charge in [0, 0.05) is 0 Å². The second kappa shape index (κ2) is 8.14. The largest absolute Gasteiger partial charge is 0.416 e. The van der Waals surface area contributed by atoms with E-state index in [1.54, 1.807) is 6.07 Å². The molecule has 104 valence electrons. The lowest BCUT2D eigenvalue weighted by molar-refractivity contribution is -0.137. The van der Waals surface area contributed by atoms with Crippen LogP contribution in [-0.2, 0) is 12.6 Å². The lowest BCUT2D eigenvalue weighted by atomic mass is 10.0. The molecule has 0 radical (unpaired) electrons. The highest BCUT2D eigenvalue weighted by molar-refractivity contribution is 5.26. The van der Waals surface area contributed by atoms with Gasteiger partial charge in [-0.25, -0.2) is 0 Å². The van der Waals surface area contributed by atoms with Crippen molar-refractivity contribution in [2.75, 3.05) is 0 Å². The maximum absolute atomic E-state index is 12.4. The normalized spacial score (nSPS) is 12.6. The van der Waals surface area contributed by atoms with Crippen molar-refractivity contribution in [1.29, 1.82) is 0 Å². The number of alkyl halides is 3. The van der Waals surface area contributed by atoms with Crippen LogP contribution >= 0.6 is 0 Å². The van der Waals surface area contributed by atoms with Crippen molar-refractivity contribution < 1.29 is 18.3 Å². The molecule has 0 bridgehead atoms. The van der Waals surface area contributed by atoms with Gasteiger partial charge >= 0.3 is 6.18 Å². The van der Waals surface area contributed by atoms with Crippen molar-refractivity contribution in [2.45, 2.75) is 52.3 Å². The number of benzene rings is 1. The third-order valence-electron chi connectivity index (χ3n) is 2.35. The average molecular weight is 262 g/mol. The van der Waals surface area contributed by atoms with Crippen LogP contribution in [0.3, 0.4) is 0 Å². The summed E-state index contributed by atoms with van der Waals surface area (Å²) >= 11 is 0. The Morgan fingerprint density at radius 3 is 2.33 bits per heavy atom. The van der Waals surface area contributed by atoms with Crippen molar-refractivity contribution in [1.82, 2.24) is 0 Å². The predicted molar refractivity (Wildman–Crippen MR) is 67.4 cm³/mol. The molecular formula is C14H21F3O. The Kier molecular flexibility index (Phi) is 7.67. The summed E-state index contributed by atoms with van der Waals surface area (Å²) in [6.07, 6.45) is -3.17. The van der Waals surface area contributed by atoms with Gasteiger partial charge in [-0.3, -0.25) is 0 Å². The van der Waals surface area contributed by atoms with Gasteiger partial charge in [0.05, 0.1) is 11.7 Å². The molecule has 0 saturated heterocycles. The fourth-order valence-corrected chi connectivity index (χ4v) is 1.58. The molecule has 0 aromatic heterocycles. The molecule has 0 saturated carbocycles. The first-order chi connectivity index (χ1) is 8.43. The number of aliphatic hydroxyl groups excluding tert-OH is 1. The van der Waals surface area contributed by atoms with Gasteiger partial charge in [-0.05, 0) is 24.5 Å². The molecular weight excluding hydrogens is 241 g/mol. The van der Waals surface area contributed by atoms with Crippen LogP contribution in [0.4, 0.5) is 13.2 Å².